The summed E-state index contributed by atoms with van der Waals surface area (Å²) in [5.74, 6) is -2.73. The molecule has 0 bridgehead atoms. The van der Waals surface area contributed by atoms with Crippen LogP contribution in [-0.2, 0) is 9.84 Å². The number of alkyl halides is 2. The Morgan fingerprint density at radius 1 is 1.14 bits per heavy atom. The fourth-order valence-corrected chi connectivity index (χ4v) is 3.75. The topological polar surface area (TPSA) is 46.2 Å². The quantitative estimate of drug-likeness (QED) is 0.860. The summed E-state index contributed by atoms with van der Waals surface area (Å²) in [5.41, 5.74) is 0.272. The summed E-state index contributed by atoms with van der Waals surface area (Å²) in [5, 5.41) is 3.01. The molecule has 1 fully saturated rings. The minimum Gasteiger partial charge on any atom is -0.384 e. The molecule has 0 radical (unpaired) electrons. The molecule has 2 rings (SSSR count). The van der Waals surface area contributed by atoms with E-state index < -0.39 is 15.6 Å². The molecule has 1 aromatic carbocycles. The van der Waals surface area contributed by atoms with Crippen LogP contribution in [0.5, 0.6) is 0 Å². The number of hydrogen-bond acceptors (Lipinski definition) is 3. The average molecular weight is 317 g/mol. The highest BCUT2D eigenvalue weighted by molar-refractivity contribution is 7.91. The molecule has 1 saturated carbocycles. The highest BCUT2D eigenvalue weighted by Crippen LogP contribution is 2.28. The van der Waals surface area contributed by atoms with Crippen molar-refractivity contribution in [1.29, 1.82) is 0 Å². The molecule has 0 aliphatic heterocycles. The lowest BCUT2D eigenvalue weighted by molar-refractivity contribution is 0.235. The molecule has 1 N–H and O–H groups in total. The van der Waals surface area contributed by atoms with Crippen molar-refractivity contribution >= 4 is 15.5 Å². The molecule has 0 atom stereocenters. The highest BCUT2D eigenvalue weighted by Gasteiger charge is 2.28. The largest absolute Gasteiger partial charge is 0.384 e. The number of halogens is 2. The number of para-hydroxylation sites is 1. The van der Waals surface area contributed by atoms with E-state index in [1.165, 1.54) is 50.3 Å². The van der Waals surface area contributed by atoms with Crippen LogP contribution in [0.4, 0.5) is 14.5 Å². The highest BCUT2D eigenvalue weighted by atomic mass is 32.2. The van der Waals surface area contributed by atoms with E-state index in [0.717, 1.165) is 6.42 Å². The normalized spacial score (nSPS) is 17.1. The van der Waals surface area contributed by atoms with Gasteiger partial charge in [0, 0.05) is 6.54 Å². The van der Waals surface area contributed by atoms with Gasteiger partial charge < -0.3 is 5.32 Å². The van der Waals surface area contributed by atoms with Gasteiger partial charge in [-0.1, -0.05) is 44.2 Å². The Labute approximate surface area is 124 Å². The Morgan fingerprint density at radius 2 is 1.81 bits per heavy atom. The molecular weight excluding hydrogens is 296 g/mol. The SMILES string of the molecule is O=S(=O)(c1ccccc1NCCC1CCCCC1)C(F)F. The van der Waals surface area contributed by atoms with Gasteiger partial charge in [0.2, 0.25) is 9.84 Å². The van der Waals surface area contributed by atoms with Crippen molar-refractivity contribution in [1.82, 2.24) is 0 Å². The smallest absolute Gasteiger partial charge is 0.341 e. The molecule has 0 saturated heterocycles. The van der Waals surface area contributed by atoms with Gasteiger partial charge in [0.05, 0.1) is 10.6 Å². The monoisotopic (exact) mass is 317 g/mol. The van der Waals surface area contributed by atoms with Crippen molar-refractivity contribution in [3.05, 3.63) is 24.3 Å². The fraction of sp³-hybridized carbons (Fsp3) is 0.600. The Balaban J connectivity index is 2.00. The lowest BCUT2D eigenvalue weighted by Crippen LogP contribution is -2.16. The van der Waals surface area contributed by atoms with E-state index in [0.29, 0.717) is 12.5 Å². The van der Waals surface area contributed by atoms with Gasteiger partial charge >= 0.3 is 5.76 Å². The zero-order valence-electron chi connectivity index (χ0n) is 11.9. The second kappa shape index (κ2) is 7.20. The van der Waals surface area contributed by atoms with Gasteiger partial charge in [-0.05, 0) is 24.5 Å². The third-order valence-electron chi connectivity index (χ3n) is 4.02. The van der Waals surface area contributed by atoms with Crippen molar-refractivity contribution in [3.63, 3.8) is 0 Å². The van der Waals surface area contributed by atoms with Crippen LogP contribution in [0.2, 0.25) is 0 Å². The van der Waals surface area contributed by atoms with E-state index >= 15 is 0 Å². The van der Waals surface area contributed by atoms with Crippen molar-refractivity contribution in [2.75, 3.05) is 11.9 Å². The molecule has 6 heteroatoms. The minimum atomic E-state index is -4.56. The molecule has 1 aliphatic rings. The van der Waals surface area contributed by atoms with E-state index in [2.05, 4.69) is 5.32 Å². The van der Waals surface area contributed by atoms with Gasteiger partial charge in [-0.2, -0.15) is 8.78 Å². The Kier molecular flexibility index (Phi) is 5.56. The molecule has 118 valence electrons. The number of benzene rings is 1. The first-order valence-corrected chi connectivity index (χ1v) is 8.91. The second-order valence-corrected chi connectivity index (χ2v) is 7.41. The molecule has 1 aromatic rings. The second-order valence-electron chi connectivity index (χ2n) is 5.52. The van der Waals surface area contributed by atoms with Gasteiger partial charge in [0.25, 0.3) is 0 Å². The molecule has 0 amide bonds. The summed E-state index contributed by atoms with van der Waals surface area (Å²) in [7, 11) is -4.56. The van der Waals surface area contributed by atoms with Gasteiger partial charge in [-0.25, -0.2) is 8.42 Å². The summed E-state index contributed by atoms with van der Waals surface area (Å²) in [6.45, 7) is 0.612. The molecular formula is C15H21F2NO2S. The molecule has 21 heavy (non-hydrogen) atoms. The van der Waals surface area contributed by atoms with Crippen LogP contribution < -0.4 is 5.32 Å². The average Bonchev–Trinajstić information content (AvgIpc) is 2.48. The molecule has 0 heterocycles. The Bertz CT molecular complexity index is 555. The maximum absolute atomic E-state index is 12.7. The van der Waals surface area contributed by atoms with Gasteiger partial charge in [0.1, 0.15) is 0 Å². The number of rotatable bonds is 6. The first-order chi connectivity index (χ1) is 10.0. The zero-order valence-corrected chi connectivity index (χ0v) is 12.7. The van der Waals surface area contributed by atoms with Crippen LogP contribution in [0.25, 0.3) is 0 Å². The lowest BCUT2D eigenvalue weighted by atomic mass is 9.87. The summed E-state index contributed by atoms with van der Waals surface area (Å²) in [4.78, 5) is -0.316. The van der Waals surface area contributed by atoms with E-state index in [1.54, 1.807) is 6.07 Å². The fourth-order valence-electron chi connectivity index (χ4n) is 2.84. The van der Waals surface area contributed by atoms with Crippen LogP contribution >= 0.6 is 0 Å². The zero-order chi connectivity index (χ0) is 15.3. The molecule has 0 unspecified atom stereocenters. The van der Waals surface area contributed by atoms with Crippen molar-refractivity contribution in [2.45, 2.75) is 49.2 Å². The lowest BCUT2D eigenvalue weighted by Gasteiger charge is -2.22. The standard InChI is InChI=1S/C15H21F2NO2S/c16-15(17)21(19,20)14-9-5-4-8-13(14)18-11-10-12-6-2-1-3-7-12/h4-5,8-9,12,15,18H,1-3,6-7,10-11H2. The number of nitrogens with one attached hydrogen (secondary N) is 1. The van der Waals surface area contributed by atoms with Crippen LogP contribution in [0.1, 0.15) is 38.5 Å². The predicted molar refractivity (Wildman–Crippen MR) is 79.3 cm³/mol. The molecule has 3 nitrogen and oxygen atoms in total. The van der Waals surface area contributed by atoms with E-state index in [4.69, 9.17) is 0 Å². The first kappa shape index (κ1) is 16.2. The molecule has 1 aliphatic carbocycles. The van der Waals surface area contributed by atoms with Crippen molar-refractivity contribution in [2.24, 2.45) is 5.92 Å². The van der Waals surface area contributed by atoms with Crippen LogP contribution in [0.15, 0.2) is 29.2 Å². The third-order valence-corrected chi connectivity index (χ3v) is 5.46. The van der Waals surface area contributed by atoms with Gasteiger partial charge in [-0.3, -0.25) is 0 Å². The summed E-state index contributed by atoms with van der Waals surface area (Å²) in [6, 6.07) is 5.87. The van der Waals surface area contributed by atoms with Crippen LogP contribution in [0.3, 0.4) is 0 Å². The first-order valence-electron chi connectivity index (χ1n) is 7.37. The van der Waals surface area contributed by atoms with Crippen LogP contribution in [-0.4, -0.2) is 20.7 Å². The number of anilines is 1. The maximum atomic E-state index is 12.7. The Morgan fingerprint density at radius 3 is 2.48 bits per heavy atom. The maximum Gasteiger partial charge on any atom is 0.341 e. The summed E-state index contributed by atoms with van der Waals surface area (Å²) in [6.07, 6.45) is 7.15. The summed E-state index contributed by atoms with van der Waals surface area (Å²) >= 11 is 0. The summed E-state index contributed by atoms with van der Waals surface area (Å²) < 4.78 is 48.6. The Hall–Kier alpha value is -1.17. The van der Waals surface area contributed by atoms with Crippen molar-refractivity contribution < 1.29 is 17.2 Å². The predicted octanol–water partition coefficient (Wildman–Crippen LogP) is 4.07. The van der Waals surface area contributed by atoms with E-state index in [1.807, 2.05) is 0 Å². The van der Waals surface area contributed by atoms with Gasteiger partial charge in [-0.15, -0.1) is 0 Å². The van der Waals surface area contributed by atoms with Crippen LogP contribution in [0, 0.1) is 5.92 Å². The number of sulfone groups is 1. The van der Waals surface area contributed by atoms with Gasteiger partial charge in [0.15, 0.2) is 0 Å². The minimum absolute atomic E-state index is 0.272. The number of hydrogen-bond donors (Lipinski definition) is 1. The van der Waals surface area contributed by atoms with E-state index in [-0.39, 0.29) is 10.6 Å². The van der Waals surface area contributed by atoms with E-state index in [9.17, 15) is 17.2 Å². The third kappa shape index (κ3) is 4.15. The molecule has 0 spiro atoms. The molecule has 0 aromatic heterocycles. The van der Waals surface area contributed by atoms with Crippen molar-refractivity contribution in [3.8, 4) is 0 Å².